The Balaban J connectivity index is 1.92. The Bertz CT molecular complexity index is 204. The molecule has 0 aliphatic carbocycles. The lowest BCUT2D eigenvalue weighted by Crippen LogP contribution is -2.37. The third-order valence-electron chi connectivity index (χ3n) is 3.00. The number of carbonyl (C=O) groups is 1. The predicted molar refractivity (Wildman–Crippen MR) is 69.0 cm³/mol. The smallest absolute Gasteiger partial charge is 0.223 e. The standard InChI is InChI=1S/C13H26N2O2/c1-2-11-17-12-8-14-7-6-13(16)15-9-4-3-5-10-15/h14H,2-12H2,1H3. The number of amides is 1. The summed E-state index contributed by atoms with van der Waals surface area (Å²) in [6, 6.07) is 0. The van der Waals surface area contributed by atoms with Gasteiger partial charge < -0.3 is 15.0 Å². The molecule has 0 bridgehead atoms. The molecular weight excluding hydrogens is 216 g/mol. The highest BCUT2D eigenvalue weighted by Crippen LogP contribution is 2.09. The Kier molecular flexibility index (Phi) is 8.01. The van der Waals surface area contributed by atoms with Gasteiger partial charge >= 0.3 is 0 Å². The van der Waals surface area contributed by atoms with Crippen LogP contribution in [0.15, 0.2) is 0 Å². The summed E-state index contributed by atoms with van der Waals surface area (Å²) in [5, 5.41) is 3.24. The number of hydrogen-bond acceptors (Lipinski definition) is 3. The molecule has 1 fully saturated rings. The Labute approximate surface area is 105 Å². The molecule has 1 aliphatic heterocycles. The molecule has 0 aromatic rings. The molecule has 0 unspecified atom stereocenters. The van der Waals surface area contributed by atoms with E-state index in [1.165, 1.54) is 19.3 Å². The van der Waals surface area contributed by atoms with Gasteiger partial charge in [0.15, 0.2) is 0 Å². The van der Waals surface area contributed by atoms with Crippen molar-refractivity contribution in [1.82, 2.24) is 10.2 Å². The van der Waals surface area contributed by atoms with Crippen molar-refractivity contribution in [3.05, 3.63) is 0 Å². The molecule has 1 saturated heterocycles. The fraction of sp³-hybridized carbons (Fsp3) is 0.923. The minimum atomic E-state index is 0.298. The number of nitrogens with zero attached hydrogens (tertiary/aromatic N) is 1. The van der Waals surface area contributed by atoms with Crippen molar-refractivity contribution >= 4 is 5.91 Å². The summed E-state index contributed by atoms with van der Waals surface area (Å²) >= 11 is 0. The molecule has 0 aromatic heterocycles. The lowest BCUT2D eigenvalue weighted by Gasteiger charge is -2.26. The molecule has 0 aromatic carbocycles. The molecule has 1 aliphatic rings. The van der Waals surface area contributed by atoms with Crippen LogP contribution in [0.5, 0.6) is 0 Å². The first-order chi connectivity index (χ1) is 8.34. The van der Waals surface area contributed by atoms with Crippen molar-refractivity contribution in [2.75, 3.05) is 39.4 Å². The van der Waals surface area contributed by atoms with Gasteiger partial charge in [0.05, 0.1) is 6.61 Å². The predicted octanol–water partition coefficient (Wildman–Crippen LogP) is 1.41. The minimum absolute atomic E-state index is 0.298. The average molecular weight is 242 g/mol. The monoisotopic (exact) mass is 242 g/mol. The van der Waals surface area contributed by atoms with E-state index in [1.54, 1.807) is 0 Å². The Morgan fingerprint density at radius 1 is 1.18 bits per heavy atom. The minimum Gasteiger partial charge on any atom is -0.380 e. The molecular formula is C13H26N2O2. The number of likely N-dealkylation sites (tertiary alicyclic amines) is 1. The van der Waals surface area contributed by atoms with E-state index in [4.69, 9.17) is 4.74 Å². The zero-order chi connectivity index (χ0) is 12.3. The molecule has 1 heterocycles. The molecule has 17 heavy (non-hydrogen) atoms. The fourth-order valence-corrected chi connectivity index (χ4v) is 2.01. The van der Waals surface area contributed by atoms with Crippen molar-refractivity contribution < 1.29 is 9.53 Å². The van der Waals surface area contributed by atoms with Gasteiger partial charge in [-0.3, -0.25) is 4.79 Å². The molecule has 0 radical (unpaired) electrons. The van der Waals surface area contributed by atoms with E-state index in [0.717, 1.165) is 45.8 Å². The molecule has 1 rings (SSSR count). The summed E-state index contributed by atoms with van der Waals surface area (Å²) in [7, 11) is 0. The van der Waals surface area contributed by atoms with Crippen LogP contribution < -0.4 is 5.32 Å². The highest BCUT2D eigenvalue weighted by atomic mass is 16.5. The number of piperidine rings is 1. The van der Waals surface area contributed by atoms with E-state index in [-0.39, 0.29) is 0 Å². The van der Waals surface area contributed by atoms with Crippen LogP contribution in [0.1, 0.15) is 39.0 Å². The van der Waals surface area contributed by atoms with Crippen LogP contribution in [-0.2, 0) is 9.53 Å². The van der Waals surface area contributed by atoms with Gasteiger partial charge in [-0.25, -0.2) is 0 Å². The quantitative estimate of drug-likeness (QED) is 0.654. The van der Waals surface area contributed by atoms with Crippen LogP contribution in [0.2, 0.25) is 0 Å². The summed E-state index contributed by atoms with van der Waals surface area (Å²) in [6.45, 7) is 7.19. The van der Waals surface area contributed by atoms with Gasteiger partial charge in [0, 0.05) is 39.2 Å². The molecule has 0 saturated carbocycles. The zero-order valence-electron chi connectivity index (χ0n) is 11.0. The molecule has 1 amide bonds. The number of hydrogen-bond donors (Lipinski definition) is 1. The van der Waals surface area contributed by atoms with E-state index in [0.29, 0.717) is 12.3 Å². The van der Waals surface area contributed by atoms with Crippen LogP contribution in [0.25, 0.3) is 0 Å². The molecule has 100 valence electrons. The van der Waals surface area contributed by atoms with Crippen LogP contribution in [0.4, 0.5) is 0 Å². The average Bonchev–Trinajstić information content (AvgIpc) is 2.38. The highest BCUT2D eigenvalue weighted by molar-refractivity contribution is 5.76. The third-order valence-corrected chi connectivity index (χ3v) is 3.00. The van der Waals surface area contributed by atoms with Crippen LogP contribution in [0, 0.1) is 0 Å². The number of rotatable bonds is 8. The van der Waals surface area contributed by atoms with Crippen molar-refractivity contribution in [2.24, 2.45) is 0 Å². The van der Waals surface area contributed by atoms with Gasteiger partial charge in [-0.1, -0.05) is 6.92 Å². The van der Waals surface area contributed by atoms with Gasteiger partial charge in [0.1, 0.15) is 0 Å². The zero-order valence-corrected chi connectivity index (χ0v) is 11.0. The second-order valence-electron chi connectivity index (χ2n) is 4.55. The lowest BCUT2D eigenvalue weighted by molar-refractivity contribution is -0.131. The summed E-state index contributed by atoms with van der Waals surface area (Å²) < 4.78 is 5.35. The maximum absolute atomic E-state index is 11.8. The van der Waals surface area contributed by atoms with Crippen molar-refractivity contribution in [3.63, 3.8) is 0 Å². The third kappa shape index (κ3) is 6.64. The molecule has 0 spiro atoms. The van der Waals surface area contributed by atoms with E-state index < -0.39 is 0 Å². The van der Waals surface area contributed by atoms with E-state index in [9.17, 15) is 4.79 Å². The normalized spacial score (nSPS) is 16.2. The Morgan fingerprint density at radius 2 is 1.94 bits per heavy atom. The van der Waals surface area contributed by atoms with Gasteiger partial charge in [0.2, 0.25) is 5.91 Å². The van der Waals surface area contributed by atoms with E-state index in [2.05, 4.69) is 12.2 Å². The molecule has 1 N–H and O–H groups in total. The SMILES string of the molecule is CCCOCCNCCC(=O)N1CCCCC1. The van der Waals surface area contributed by atoms with E-state index >= 15 is 0 Å². The first kappa shape index (κ1) is 14.5. The molecule has 4 heteroatoms. The Hall–Kier alpha value is -0.610. The maximum Gasteiger partial charge on any atom is 0.223 e. The van der Waals surface area contributed by atoms with E-state index in [1.807, 2.05) is 4.90 Å². The van der Waals surface area contributed by atoms with Crippen LogP contribution >= 0.6 is 0 Å². The van der Waals surface area contributed by atoms with Crippen molar-refractivity contribution in [2.45, 2.75) is 39.0 Å². The summed E-state index contributed by atoms with van der Waals surface area (Å²) in [5.41, 5.74) is 0. The highest BCUT2D eigenvalue weighted by Gasteiger charge is 2.15. The summed E-state index contributed by atoms with van der Waals surface area (Å²) in [4.78, 5) is 13.8. The number of ether oxygens (including phenoxy) is 1. The largest absolute Gasteiger partial charge is 0.380 e. The topological polar surface area (TPSA) is 41.6 Å². The summed E-state index contributed by atoms with van der Waals surface area (Å²) in [6.07, 6.45) is 5.30. The number of nitrogens with one attached hydrogen (secondary N) is 1. The second-order valence-corrected chi connectivity index (χ2v) is 4.55. The first-order valence-corrected chi connectivity index (χ1v) is 6.91. The molecule has 0 atom stereocenters. The number of carbonyl (C=O) groups excluding carboxylic acids is 1. The lowest BCUT2D eigenvalue weighted by atomic mass is 10.1. The maximum atomic E-state index is 11.8. The van der Waals surface area contributed by atoms with Crippen LogP contribution in [0.3, 0.4) is 0 Å². The van der Waals surface area contributed by atoms with Gasteiger partial charge in [-0.15, -0.1) is 0 Å². The second kappa shape index (κ2) is 9.42. The summed E-state index contributed by atoms with van der Waals surface area (Å²) in [5.74, 6) is 0.298. The van der Waals surface area contributed by atoms with Gasteiger partial charge in [-0.2, -0.15) is 0 Å². The van der Waals surface area contributed by atoms with Crippen molar-refractivity contribution in [3.8, 4) is 0 Å². The van der Waals surface area contributed by atoms with Crippen LogP contribution in [-0.4, -0.2) is 50.2 Å². The fourth-order valence-electron chi connectivity index (χ4n) is 2.01. The van der Waals surface area contributed by atoms with Gasteiger partial charge in [0.25, 0.3) is 0 Å². The molecule has 4 nitrogen and oxygen atoms in total. The van der Waals surface area contributed by atoms with Crippen molar-refractivity contribution in [1.29, 1.82) is 0 Å². The first-order valence-electron chi connectivity index (χ1n) is 6.91. The Morgan fingerprint density at radius 3 is 2.65 bits per heavy atom. The van der Waals surface area contributed by atoms with Gasteiger partial charge in [-0.05, 0) is 25.7 Å².